The molecule has 1 saturated heterocycles. The average molecular weight is 352 g/mol. The number of amides is 1. The van der Waals surface area contributed by atoms with Crippen molar-refractivity contribution >= 4 is 51.9 Å². The quantitative estimate of drug-likeness (QED) is 0.270. The summed E-state index contributed by atoms with van der Waals surface area (Å²) in [5.74, 6) is -0.950. The van der Waals surface area contributed by atoms with Crippen molar-refractivity contribution in [2.75, 3.05) is 7.11 Å². The van der Waals surface area contributed by atoms with E-state index in [9.17, 15) is 19.7 Å². The normalized spacial score (nSPS) is 17.5. The predicted molar refractivity (Wildman–Crippen MR) is 89.6 cm³/mol. The fourth-order valence-corrected chi connectivity index (χ4v) is 3.35. The molecule has 1 heterocycles. The summed E-state index contributed by atoms with van der Waals surface area (Å²) in [5.41, 5.74) is 0.593. The van der Waals surface area contributed by atoms with Gasteiger partial charge in [-0.05, 0) is 30.7 Å². The van der Waals surface area contributed by atoms with Gasteiger partial charge >= 0.3 is 5.97 Å². The number of rotatable bonds is 4. The molecule has 1 aliphatic rings. The van der Waals surface area contributed by atoms with Crippen LogP contribution in [0.15, 0.2) is 29.2 Å². The van der Waals surface area contributed by atoms with Crippen molar-refractivity contribution in [1.29, 1.82) is 0 Å². The lowest BCUT2D eigenvalue weighted by molar-refractivity contribution is -0.384. The molecule has 23 heavy (non-hydrogen) atoms. The van der Waals surface area contributed by atoms with Crippen LogP contribution in [0.5, 0.6) is 0 Å². The van der Waals surface area contributed by atoms with Gasteiger partial charge in [0.2, 0.25) is 0 Å². The third kappa shape index (κ3) is 3.57. The maximum atomic E-state index is 12.4. The summed E-state index contributed by atoms with van der Waals surface area (Å²) in [4.78, 5) is 35.7. The van der Waals surface area contributed by atoms with Gasteiger partial charge in [-0.2, -0.15) is 0 Å². The van der Waals surface area contributed by atoms with Crippen molar-refractivity contribution < 1.29 is 19.2 Å². The van der Waals surface area contributed by atoms with Crippen molar-refractivity contribution in [2.45, 2.75) is 13.0 Å². The SMILES string of the molecule is COC(=O)C(C)N1C(=O)/C(=C/c2ccc([N+](=O)[O-])cc2)SC1=S. The van der Waals surface area contributed by atoms with E-state index in [-0.39, 0.29) is 10.0 Å². The number of ether oxygens (including phenoxy) is 1. The minimum atomic E-state index is -0.810. The molecule has 1 aromatic carbocycles. The predicted octanol–water partition coefficient (Wildman–Crippen LogP) is 2.36. The Hall–Kier alpha value is -2.26. The highest BCUT2D eigenvalue weighted by Gasteiger charge is 2.38. The number of nitro groups is 1. The number of hydrogen-bond acceptors (Lipinski definition) is 7. The number of hydrogen-bond donors (Lipinski definition) is 0. The van der Waals surface area contributed by atoms with E-state index < -0.39 is 22.8 Å². The van der Waals surface area contributed by atoms with E-state index >= 15 is 0 Å². The molecule has 1 atom stereocenters. The highest BCUT2D eigenvalue weighted by molar-refractivity contribution is 8.26. The van der Waals surface area contributed by atoms with Crippen LogP contribution in [0.2, 0.25) is 0 Å². The zero-order valence-corrected chi connectivity index (χ0v) is 13.8. The Morgan fingerprint density at radius 1 is 1.43 bits per heavy atom. The first-order valence-electron chi connectivity index (χ1n) is 6.44. The first kappa shape index (κ1) is 17.1. The zero-order chi connectivity index (χ0) is 17.1. The summed E-state index contributed by atoms with van der Waals surface area (Å²) >= 11 is 6.21. The maximum Gasteiger partial charge on any atom is 0.328 e. The summed E-state index contributed by atoms with van der Waals surface area (Å²) in [6.07, 6.45) is 1.58. The fourth-order valence-electron chi connectivity index (χ4n) is 1.93. The molecule has 0 spiro atoms. The summed E-state index contributed by atoms with van der Waals surface area (Å²) in [5, 5.41) is 10.6. The molecule has 9 heteroatoms. The van der Waals surface area contributed by atoms with E-state index in [1.165, 1.54) is 43.2 Å². The van der Waals surface area contributed by atoms with Crippen LogP contribution in [0.3, 0.4) is 0 Å². The summed E-state index contributed by atoms with van der Waals surface area (Å²) in [6, 6.07) is 4.96. The van der Waals surface area contributed by atoms with Gasteiger partial charge in [0, 0.05) is 12.1 Å². The lowest BCUT2D eigenvalue weighted by atomic mass is 10.2. The average Bonchev–Trinajstić information content (AvgIpc) is 2.80. The largest absolute Gasteiger partial charge is 0.467 e. The van der Waals surface area contributed by atoms with Crippen LogP contribution < -0.4 is 0 Å². The number of carbonyl (C=O) groups is 2. The number of thioether (sulfide) groups is 1. The third-order valence-corrected chi connectivity index (χ3v) is 4.49. The van der Waals surface area contributed by atoms with Gasteiger partial charge in [-0.1, -0.05) is 24.0 Å². The Morgan fingerprint density at radius 2 is 2.04 bits per heavy atom. The number of nitrogens with zero attached hydrogens (tertiary/aromatic N) is 2. The lowest BCUT2D eigenvalue weighted by Crippen LogP contribution is -2.42. The molecule has 0 N–H and O–H groups in total. The second-order valence-corrected chi connectivity index (χ2v) is 6.28. The summed E-state index contributed by atoms with van der Waals surface area (Å²) < 4.78 is 4.89. The van der Waals surface area contributed by atoms with E-state index in [1.54, 1.807) is 6.08 Å². The molecule has 0 aromatic heterocycles. The minimum absolute atomic E-state index is 0.0333. The zero-order valence-electron chi connectivity index (χ0n) is 12.2. The first-order valence-corrected chi connectivity index (χ1v) is 7.67. The van der Waals surface area contributed by atoms with Gasteiger partial charge in [-0.15, -0.1) is 0 Å². The van der Waals surface area contributed by atoms with Gasteiger partial charge in [-0.25, -0.2) is 4.79 Å². The molecule has 0 bridgehead atoms. The van der Waals surface area contributed by atoms with Gasteiger partial charge in [0.25, 0.3) is 11.6 Å². The molecule has 1 aliphatic heterocycles. The van der Waals surface area contributed by atoms with Crippen LogP contribution in [0.1, 0.15) is 12.5 Å². The van der Waals surface area contributed by atoms with Crippen molar-refractivity contribution in [2.24, 2.45) is 0 Å². The molecule has 2 rings (SSSR count). The number of methoxy groups -OCH3 is 1. The summed E-state index contributed by atoms with van der Waals surface area (Å²) in [6.45, 7) is 1.53. The van der Waals surface area contributed by atoms with Crippen molar-refractivity contribution in [1.82, 2.24) is 4.90 Å². The monoisotopic (exact) mass is 352 g/mol. The number of non-ortho nitro benzene ring substituents is 1. The van der Waals surface area contributed by atoms with Crippen molar-refractivity contribution in [3.8, 4) is 0 Å². The van der Waals surface area contributed by atoms with Crippen molar-refractivity contribution in [3.05, 3.63) is 44.8 Å². The van der Waals surface area contributed by atoms with Crippen LogP contribution in [-0.4, -0.2) is 39.2 Å². The van der Waals surface area contributed by atoms with Gasteiger partial charge in [0.05, 0.1) is 16.9 Å². The molecule has 0 saturated carbocycles. The molecule has 1 aromatic rings. The number of esters is 1. The Labute approximate surface area is 141 Å². The highest BCUT2D eigenvalue weighted by atomic mass is 32.2. The van der Waals surface area contributed by atoms with E-state index in [2.05, 4.69) is 4.74 Å². The van der Waals surface area contributed by atoms with Gasteiger partial charge in [0.1, 0.15) is 10.4 Å². The van der Waals surface area contributed by atoms with Crippen LogP contribution in [-0.2, 0) is 14.3 Å². The van der Waals surface area contributed by atoms with E-state index in [0.29, 0.717) is 10.5 Å². The first-order chi connectivity index (χ1) is 10.8. The van der Waals surface area contributed by atoms with E-state index in [0.717, 1.165) is 11.8 Å². The number of carbonyl (C=O) groups excluding carboxylic acids is 2. The molecule has 0 aliphatic carbocycles. The van der Waals surface area contributed by atoms with Gasteiger partial charge in [0.15, 0.2) is 0 Å². The standard InChI is InChI=1S/C14H12N2O5S2/c1-8(13(18)21-2)15-12(17)11(23-14(15)22)7-9-3-5-10(6-4-9)16(19)20/h3-8H,1-2H3/b11-7-. The molecular weight excluding hydrogens is 340 g/mol. The topological polar surface area (TPSA) is 89.8 Å². The second-order valence-electron chi connectivity index (χ2n) is 4.60. The Bertz CT molecular complexity index is 714. The Morgan fingerprint density at radius 3 is 2.57 bits per heavy atom. The second kappa shape index (κ2) is 6.88. The van der Waals surface area contributed by atoms with Crippen molar-refractivity contribution in [3.63, 3.8) is 0 Å². The molecule has 120 valence electrons. The van der Waals surface area contributed by atoms with Crippen LogP contribution in [0.25, 0.3) is 6.08 Å². The lowest BCUT2D eigenvalue weighted by Gasteiger charge is -2.20. The Kier molecular flexibility index (Phi) is 5.12. The van der Waals surface area contributed by atoms with Gasteiger partial charge < -0.3 is 4.74 Å². The summed E-state index contributed by atoms with van der Waals surface area (Å²) in [7, 11) is 1.24. The minimum Gasteiger partial charge on any atom is -0.467 e. The molecule has 1 unspecified atom stereocenters. The number of benzene rings is 1. The van der Waals surface area contributed by atoms with E-state index in [1.807, 2.05) is 0 Å². The van der Waals surface area contributed by atoms with Crippen LogP contribution in [0, 0.1) is 10.1 Å². The molecular formula is C14H12N2O5S2. The van der Waals surface area contributed by atoms with Gasteiger partial charge in [-0.3, -0.25) is 19.8 Å². The smallest absolute Gasteiger partial charge is 0.328 e. The van der Waals surface area contributed by atoms with Crippen LogP contribution in [0.4, 0.5) is 5.69 Å². The highest BCUT2D eigenvalue weighted by Crippen LogP contribution is 2.34. The van der Waals surface area contributed by atoms with E-state index in [4.69, 9.17) is 12.2 Å². The molecule has 1 amide bonds. The molecule has 0 radical (unpaired) electrons. The maximum absolute atomic E-state index is 12.4. The third-order valence-electron chi connectivity index (χ3n) is 3.15. The number of thiocarbonyl (C=S) groups is 1. The van der Waals surface area contributed by atoms with Crippen LogP contribution >= 0.6 is 24.0 Å². The molecule has 7 nitrogen and oxygen atoms in total. The number of nitro benzene ring substituents is 1. The molecule has 1 fully saturated rings. The fraction of sp³-hybridized carbons (Fsp3) is 0.214. The Balaban J connectivity index is 2.24.